The van der Waals surface area contributed by atoms with Crippen molar-refractivity contribution in [2.45, 2.75) is 19.8 Å². The topological polar surface area (TPSA) is 96.9 Å². The predicted molar refractivity (Wildman–Crippen MR) is 88.0 cm³/mol. The first kappa shape index (κ1) is 17.8. The van der Waals surface area contributed by atoms with Crippen molar-refractivity contribution in [3.05, 3.63) is 35.4 Å². The van der Waals surface area contributed by atoms with Crippen molar-refractivity contribution in [3.63, 3.8) is 0 Å². The van der Waals surface area contributed by atoms with Crippen molar-refractivity contribution in [3.8, 4) is 11.5 Å². The van der Waals surface area contributed by atoms with Gasteiger partial charge in [-0.3, -0.25) is 9.59 Å². The summed E-state index contributed by atoms with van der Waals surface area (Å²) in [4.78, 5) is 23.6. The van der Waals surface area contributed by atoms with Gasteiger partial charge in [-0.05, 0) is 38.0 Å². The van der Waals surface area contributed by atoms with Crippen molar-refractivity contribution in [2.24, 2.45) is 0 Å². The highest BCUT2D eigenvalue weighted by Crippen LogP contribution is 2.32. The van der Waals surface area contributed by atoms with E-state index in [1.54, 1.807) is 25.1 Å². The van der Waals surface area contributed by atoms with Gasteiger partial charge in [-0.2, -0.15) is 0 Å². The second-order valence-corrected chi connectivity index (χ2v) is 5.36. The lowest BCUT2D eigenvalue weighted by Gasteiger charge is -2.07. The van der Waals surface area contributed by atoms with Gasteiger partial charge in [0.2, 0.25) is 12.7 Å². The molecule has 7 nitrogen and oxygen atoms in total. The Morgan fingerprint density at radius 1 is 1.17 bits per heavy atom. The lowest BCUT2D eigenvalue weighted by Crippen LogP contribution is -2.27. The number of ether oxygens (including phenoxy) is 2. The molecule has 1 aromatic carbocycles. The van der Waals surface area contributed by atoms with Gasteiger partial charge in [0.1, 0.15) is 0 Å². The fourth-order valence-electron chi connectivity index (χ4n) is 2.16. The van der Waals surface area contributed by atoms with Crippen LogP contribution in [0.5, 0.6) is 11.5 Å². The molecule has 0 atom stereocenters. The molecule has 0 radical (unpaired) electrons. The van der Waals surface area contributed by atoms with Crippen LogP contribution in [0.3, 0.4) is 0 Å². The van der Waals surface area contributed by atoms with Gasteiger partial charge in [-0.1, -0.05) is 6.08 Å². The quantitative estimate of drug-likeness (QED) is 0.486. The van der Waals surface area contributed by atoms with Crippen LogP contribution in [0, 0.1) is 0 Å². The number of hydrogen-bond acceptors (Lipinski definition) is 5. The number of nitrogens with one attached hydrogen (secondary N) is 2. The van der Waals surface area contributed by atoms with Crippen molar-refractivity contribution in [1.29, 1.82) is 0 Å². The molecule has 1 aliphatic heterocycles. The summed E-state index contributed by atoms with van der Waals surface area (Å²) >= 11 is 0. The molecule has 2 amide bonds. The number of amides is 2. The first-order valence-electron chi connectivity index (χ1n) is 7.85. The zero-order chi connectivity index (χ0) is 17.4. The normalized spacial score (nSPS) is 12.8. The molecule has 0 saturated heterocycles. The molecule has 0 spiro atoms. The van der Waals surface area contributed by atoms with E-state index < -0.39 is 0 Å². The highest BCUT2D eigenvalue weighted by Gasteiger charge is 2.15. The van der Waals surface area contributed by atoms with Crippen LogP contribution in [-0.2, 0) is 4.79 Å². The molecule has 1 aliphatic rings. The van der Waals surface area contributed by atoms with E-state index in [1.807, 2.05) is 0 Å². The van der Waals surface area contributed by atoms with Crippen LogP contribution in [0.4, 0.5) is 0 Å². The third-order valence-corrected chi connectivity index (χ3v) is 3.57. The summed E-state index contributed by atoms with van der Waals surface area (Å²) in [7, 11) is 0. The molecule has 130 valence electrons. The second-order valence-electron chi connectivity index (χ2n) is 5.36. The largest absolute Gasteiger partial charge is 0.454 e. The van der Waals surface area contributed by atoms with Crippen LogP contribution in [0.25, 0.3) is 0 Å². The zero-order valence-corrected chi connectivity index (χ0v) is 13.6. The summed E-state index contributed by atoms with van der Waals surface area (Å²) in [6.45, 7) is 2.73. The number of carbonyl (C=O) groups is 2. The minimum Gasteiger partial charge on any atom is -0.454 e. The molecule has 0 fully saturated rings. The molecule has 24 heavy (non-hydrogen) atoms. The van der Waals surface area contributed by atoms with Gasteiger partial charge in [0.15, 0.2) is 11.5 Å². The molecule has 0 aromatic heterocycles. The fraction of sp³-hybridized carbons (Fsp3) is 0.412. The van der Waals surface area contributed by atoms with Gasteiger partial charge in [-0.15, -0.1) is 0 Å². The number of rotatable bonds is 8. The maximum Gasteiger partial charge on any atom is 0.251 e. The molecule has 0 bridgehead atoms. The van der Waals surface area contributed by atoms with Crippen LogP contribution in [0.1, 0.15) is 30.1 Å². The molecule has 0 unspecified atom stereocenters. The maximum atomic E-state index is 12.0. The van der Waals surface area contributed by atoms with Crippen molar-refractivity contribution in [1.82, 2.24) is 10.6 Å². The summed E-state index contributed by atoms with van der Waals surface area (Å²) in [5.41, 5.74) is 1.02. The second kappa shape index (κ2) is 8.93. The van der Waals surface area contributed by atoms with Gasteiger partial charge in [-0.25, -0.2) is 0 Å². The Morgan fingerprint density at radius 2 is 1.88 bits per heavy atom. The molecule has 7 heteroatoms. The number of unbranched alkanes of at least 4 members (excludes halogenated alkanes) is 1. The van der Waals surface area contributed by atoms with Crippen molar-refractivity contribution in [2.75, 3.05) is 26.5 Å². The Balaban J connectivity index is 1.63. The monoisotopic (exact) mass is 334 g/mol. The lowest BCUT2D eigenvalue weighted by molar-refractivity contribution is -0.117. The van der Waals surface area contributed by atoms with E-state index in [4.69, 9.17) is 14.6 Å². The number of benzene rings is 1. The first-order valence-corrected chi connectivity index (χ1v) is 7.85. The van der Waals surface area contributed by atoms with E-state index in [1.165, 1.54) is 6.08 Å². The van der Waals surface area contributed by atoms with Gasteiger partial charge >= 0.3 is 0 Å². The Kier molecular flexibility index (Phi) is 6.62. The Bertz CT molecular complexity index is 627. The molecule has 1 heterocycles. The van der Waals surface area contributed by atoms with Crippen molar-refractivity contribution >= 4 is 11.8 Å². The number of fused-ring (bicyclic) bond motifs is 1. The summed E-state index contributed by atoms with van der Waals surface area (Å²) in [6, 6.07) is 5.07. The third-order valence-electron chi connectivity index (χ3n) is 3.57. The van der Waals surface area contributed by atoms with Crippen LogP contribution in [0.15, 0.2) is 29.8 Å². The third kappa shape index (κ3) is 4.99. The minimum absolute atomic E-state index is 0.148. The zero-order valence-electron chi connectivity index (χ0n) is 13.6. The van der Waals surface area contributed by atoms with Gasteiger partial charge in [0.05, 0.1) is 6.61 Å². The maximum absolute atomic E-state index is 12.0. The van der Waals surface area contributed by atoms with Crippen LogP contribution in [-0.4, -0.2) is 43.4 Å². The lowest BCUT2D eigenvalue weighted by atomic mass is 10.2. The Morgan fingerprint density at radius 3 is 2.62 bits per heavy atom. The number of hydrogen-bond donors (Lipinski definition) is 3. The Hall–Kier alpha value is -2.54. The molecule has 3 N–H and O–H groups in total. The average molecular weight is 334 g/mol. The summed E-state index contributed by atoms with van der Waals surface area (Å²) in [6.07, 6.45) is 2.96. The smallest absolute Gasteiger partial charge is 0.251 e. The van der Waals surface area contributed by atoms with Crippen molar-refractivity contribution < 1.29 is 24.2 Å². The van der Waals surface area contributed by atoms with E-state index in [9.17, 15) is 9.59 Å². The van der Waals surface area contributed by atoms with E-state index in [2.05, 4.69) is 10.6 Å². The average Bonchev–Trinajstić information content (AvgIpc) is 3.05. The van der Waals surface area contributed by atoms with Crippen LogP contribution < -0.4 is 20.1 Å². The van der Waals surface area contributed by atoms with E-state index in [0.717, 1.165) is 12.8 Å². The molecule has 2 rings (SSSR count). The van der Waals surface area contributed by atoms with E-state index in [0.29, 0.717) is 35.7 Å². The minimum atomic E-state index is -0.187. The number of aliphatic hydroxyl groups excluding tert-OH is 1. The summed E-state index contributed by atoms with van der Waals surface area (Å²) in [5, 5.41) is 14.3. The highest BCUT2D eigenvalue weighted by molar-refractivity contribution is 5.95. The van der Waals surface area contributed by atoms with E-state index in [-0.39, 0.29) is 25.2 Å². The van der Waals surface area contributed by atoms with Gasteiger partial charge < -0.3 is 25.2 Å². The van der Waals surface area contributed by atoms with Crippen LogP contribution in [0.2, 0.25) is 0 Å². The van der Waals surface area contributed by atoms with Crippen LogP contribution >= 0.6 is 0 Å². The first-order chi connectivity index (χ1) is 11.6. The van der Waals surface area contributed by atoms with Gasteiger partial charge in [0, 0.05) is 24.2 Å². The molecule has 0 aliphatic carbocycles. The fourth-order valence-corrected chi connectivity index (χ4v) is 2.16. The van der Waals surface area contributed by atoms with E-state index >= 15 is 0 Å². The molecule has 0 saturated carbocycles. The summed E-state index contributed by atoms with van der Waals surface area (Å²) < 4.78 is 10.4. The SMILES string of the molecule is C/C(=C\CO)C(=O)NCCCCNC(=O)c1ccc2c(c1)OCO2. The van der Waals surface area contributed by atoms with Gasteiger partial charge in [0.25, 0.3) is 5.91 Å². The molecule has 1 aromatic rings. The highest BCUT2D eigenvalue weighted by atomic mass is 16.7. The number of carbonyl (C=O) groups excluding carboxylic acids is 2. The molecular formula is C17H22N2O5. The standard InChI is InChI=1S/C17H22N2O5/c1-12(6-9-20)16(21)18-7-2-3-8-19-17(22)13-4-5-14-15(10-13)24-11-23-14/h4-6,10,20H,2-3,7-9,11H2,1H3,(H,18,21)(H,19,22)/b12-6+. The predicted octanol–water partition coefficient (Wildman–Crippen LogP) is 0.980. The Labute approximate surface area is 140 Å². The number of aliphatic hydroxyl groups is 1. The molecular weight excluding hydrogens is 312 g/mol. The summed E-state index contributed by atoms with van der Waals surface area (Å²) in [5.74, 6) is 0.872.